The lowest BCUT2D eigenvalue weighted by molar-refractivity contribution is -0.149. The molecule has 1 saturated carbocycles. The van der Waals surface area contributed by atoms with Gasteiger partial charge in [-0.25, -0.2) is 0 Å². The van der Waals surface area contributed by atoms with Crippen LogP contribution in [-0.2, 0) is 16.6 Å². The van der Waals surface area contributed by atoms with Gasteiger partial charge in [-0.1, -0.05) is 6.07 Å². The van der Waals surface area contributed by atoms with Crippen LogP contribution in [-0.4, -0.2) is 69.6 Å². The summed E-state index contributed by atoms with van der Waals surface area (Å²) >= 11 is 5.83. The first-order chi connectivity index (χ1) is 13.5. The number of phenols is 1. The molecule has 28 heavy (non-hydrogen) atoms. The number of likely N-dealkylation sites (tertiary alicyclic amines) is 2. The molecule has 2 saturated heterocycles. The van der Waals surface area contributed by atoms with E-state index in [1.165, 1.54) is 18.4 Å². The number of hydrogen-bond donors (Lipinski definition) is 2. The number of hydrogen-bond acceptors (Lipinski definition) is 4. The smallest absolute Gasteiger partial charge is 0.237 e. The van der Waals surface area contributed by atoms with Crippen LogP contribution in [0, 0.1) is 5.92 Å². The molecule has 5 nitrogen and oxygen atoms in total. The van der Waals surface area contributed by atoms with Gasteiger partial charge in [-0.05, 0) is 74.2 Å². The fourth-order valence-corrected chi connectivity index (χ4v) is 6.37. The van der Waals surface area contributed by atoms with Gasteiger partial charge in [0.25, 0.3) is 0 Å². The summed E-state index contributed by atoms with van der Waals surface area (Å²) in [6, 6.07) is 5.74. The van der Waals surface area contributed by atoms with Crippen molar-refractivity contribution in [3.05, 3.63) is 29.3 Å². The van der Waals surface area contributed by atoms with Crippen LogP contribution in [0.4, 0.5) is 0 Å². The lowest BCUT2D eigenvalue weighted by Gasteiger charge is -2.61. The first-order valence-corrected chi connectivity index (χ1v) is 11.1. The number of alkyl halides is 1. The molecule has 2 heterocycles. The van der Waals surface area contributed by atoms with E-state index in [1.54, 1.807) is 6.07 Å². The average molecular weight is 405 g/mol. The Bertz CT molecular complexity index is 798. The SMILES string of the molecule is O=C(CCl)N1CCC23CCN(CC4CC4)C(Cc4ccc(O)cc42)C3(O)CC1. The number of benzene rings is 1. The zero-order chi connectivity index (χ0) is 19.5. The van der Waals surface area contributed by atoms with Gasteiger partial charge in [-0.15, -0.1) is 11.6 Å². The third kappa shape index (κ3) is 2.70. The highest BCUT2D eigenvalue weighted by molar-refractivity contribution is 6.27. The Morgan fingerprint density at radius 2 is 1.93 bits per heavy atom. The molecule has 5 rings (SSSR count). The lowest BCUT2D eigenvalue weighted by Crippen LogP contribution is -2.71. The van der Waals surface area contributed by atoms with Gasteiger partial charge in [0.1, 0.15) is 11.6 Å². The molecule has 0 aromatic heterocycles. The number of fused-ring (bicyclic) bond motifs is 1. The standard InChI is InChI=1S/C22H29ClN2O3/c23-13-20(27)24-8-5-21-6-9-25(14-15-1-2-15)19(22(21,28)7-10-24)11-16-3-4-17(26)12-18(16)21/h3-4,12,15,19,26,28H,1-2,5-11,13-14H2. The summed E-state index contributed by atoms with van der Waals surface area (Å²) in [6.07, 6.45) is 5.56. The highest BCUT2D eigenvalue weighted by Crippen LogP contribution is 2.56. The summed E-state index contributed by atoms with van der Waals surface area (Å²) in [6.45, 7) is 3.20. The Hall–Kier alpha value is -1.30. The second-order valence-electron chi connectivity index (χ2n) is 9.27. The fourth-order valence-electron chi connectivity index (χ4n) is 6.20. The molecule has 152 valence electrons. The van der Waals surface area contributed by atoms with E-state index >= 15 is 0 Å². The quantitative estimate of drug-likeness (QED) is 0.758. The lowest BCUT2D eigenvalue weighted by atomic mass is 9.52. The Morgan fingerprint density at radius 1 is 1.18 bits per heavy atom. The average Bonchev–Trinajstić information content (AvgIpc) is 3.50. The van der Waals surface area contributed by atoms with Crippen molar-refractivity contribution in [1.82, 2.24) is 9.80 Å². The van der Waals surface area contributed by atoms with E-state index in [0.717, 1.165) is 43.8 Å². The summed E-state index contributed by atoms with van der Waals surface area (Å²) in [5.41, 5.74) is 1.04. The molecular weight excluding hydrogens is 376 g/mol. The number of halogens is 1. The van der Waals surface area contributed by atoms with Crippen LogP contribution >= 0.6 is 11.6 Å². The van der Waals surface area contributed by atoms with E-state index in [9.17, 15) is 15.0 Å². The number of carbonyl (C=O) groups excluding carboxylic acids is 1. The molecule has 0 radical (unpaired) electrons. The van der Waals surface area contributed by atoms with Crippen molar-refractivity contribution in [3.63, 3.8) is 0 Å². The van der Waals surface area contributed by atoms with Crippen molar-refractivity contribution in [2.45, 2.75) is 55.6 Å². The van der Waals surface area contributed by atoms with Crippen LogP contribution in [0.5, 0.6) is 5.75 Å². The summed E-state index contributed by atoms with van der Waals surface area (Å²) in [4.78, 5) is 16.6. The van der Waals surface area contributed by atoms with Gasteiger partial charge in [0, 0.05) is 31.1 Å². The first kappa shape index (κ1) is 18.7. The van der Waals surface area contributed by atoms with Gasteiger partial charge in [0.05, 0.1) is 5.60 Å². The highest BCUT2D eigenvalue weighted by Gasteiger charge is 2.63. The highest BCUT2D eigenvalue weighted by atomic mass is 35.5. The van der Waals surface area contributed by atoms with Gasteiger partial charge in [0.2, 0.25) is 5.91 Å². The maximum absolute atomic E-state index is 12.3. The van der Waals surface area contributed by atoms with E-state index in [2.05, 4.69) is 4.90 Å². The predicted octanol–water partition coefficient (Wildman–Crippen LogP) is 2.26. The second kappa shape index (κ2) is 6.61. The molecule has 2 bridgehead atoms. The van der Waals surface area contributed by atoms with E-state index in [-0.39, 0.29) is 23.6 Å². The van der Waals surface area contributed by atoms with Crippen molar-refractivity contribution in [2.75, 3.05) is 32.1 Å². The predicted molar refractivity (Wildman–Crippen MR) is 108 cm³/mol. The van der Waals surface area contributed by atoms with E-state index in [0.29, 0.717) is 19.5 Å². The molecule has 0 spiro atoms. The number of piperidine rings is 1. The Labute approximate surface area is 171 Å². The van der Waals surface area contributed by atoms with Crippen LogP contribution in [0.1, 0.15) is 43.2 Å². The van der Waals surface area contributed by atoms with Crippen LogP contribution in [0.15, 0.2) is 18.2 Å². The van der Waals surface area contributed by atoms with Gasteiger partial charge >= 0.3 is 0 Å². The Balaban J connectivity index is 1.59. The zero-order valence-electron chi connectivity index (χ0n) is 16.2. The molecule has 3 atom stereocenters. The van der Waals surface area contributed by atoms with E-state index in [1.807, 2.05) is 17.0 Å². The molecule has 3 unspecified atom stereocenters. The van der Waals surface area contributed by atoms with Gasteiger partial charge < -0.3 is 15.1 Å². The number of rotatable bonds is 3. The van der Waals surface area contributed by atoms with Gasteiger partial charge in [-0.2, -0.15) is 0 Å². The number of aliphatic hydroxyl groups is 1. The molecule has 1 aromatic rings. The van der Waals surface area contributed by atoms with E-state index in [4.69, 9.17) is 11.6 Å². The van der Waals surface area contributed by atoms with Crippen LogP contribution in [0.25, 0.3) is 0 Å². The Kier molecular flexibility index (Phi) is 4.42. The minimum atomic E-state index is -0.887. The minimum absolute atomic E-state index is 0.0139. The zero-order valence-corrected chi connectivity index (χ0v) is 17.0. The molecule has 2 aliphatic carbocycles. The number of nitrogens with zero attached hydrogens (tertiary/aromatic N) is 2. The molecule has 3 fully saturated rings. The number of phenolic OH excluding ortho intramolecular Hbond substituents is 1. The van der Waals surface area contributed by atoms with Crippen LogP contribution in [0.3, 0.4) is 0 Å². The summed E-state index contributed by atoms with van der Waals surface area (Å²) < 4.78 is 0. The van der Waals surface area contributed by atoms with Crippen molar-refractivity contribution in [3.8, 4) is 5.75 Å². The normalized spacial score (nSPS) is 35.1. The third-order valence-electron chi connectivity index (χ3n) is 7.90. The van der Waals surface area contributed by atoms with Crippen molar-refractivity contribution in [2.24, 2.45) is 5.92 Å². The maximum atomic E-state index is 12.3. The fraction of sp³-hybridized carbons (Fsp3) is 0.682. The largest absolute Gasteiger partial charge is 0.508 e. The van der Waals surface area contributed by atoms with Gasteiger partial charge in [0.15, 0.2) is 0 Å². The first-order valence-electron chi connectivity index (χ1n) is 10.6. The number of amides is 1. The molecule has 1 aromatic carbocycles. The topological polar surface area (TPSA) is 64.0 Å². The molecule has 2 aliphatic heterocycles. The second-order valence-corrected chi connectivity index (χ2v) is 9.54. The monoisotopic (exact) mass is 404 g/mol. The molecule has 6 heteroatoms. The molecule has 4 aliphatic rings. The third-order valence-corrected chi connectivity index (χ3v) is 8.13. The van der Waals surface area contributed by atoms with E-state index < -0.39 is 11.0 Å². The number of aromatic hydroxyl groups is 1. The Morgan fingerprint density at radius 3 is 2.68 bits per heavy atom. The molecule has 1 amide bonds. The van der Waals surface area contributed by atoms with Crippen LogP contribution in [0.2, 0.25) is 0 Å². The number of carbonyl (C=O) groups is 1. The maximum Gasteiger partial charge on any atom is 0.237 e. The van der Waals surface area contributed by atoms with Gasteiger partial charge in [-0.3, -0.25) is 9.69 Å². The van der Waals surface area contributed by atoms with Crippen LogP contribution < -0.4 is 0 Å². The van der Waals surface area contributed by atoms with Crippen molar-refractivity contribution >= 4 is 17.5 Å². The van der Waals surface area contributed by atoms with Crippen molar-refractivity contribution < 1.29 is 15.0 Å². The summed E-state index contributed by atoms with van der Waals surface area (Å²) in [5, 5.41) is 22.5. The molecular formula is C22H29ClN2O3. The minimum Gasteiger partial charge on any atom is -0.508 e. The molecule has 2 N–H and O–H groups in total. The summed E-state index contributed by atoms with van der Waals surface area (Å²) in [5.74, 6) is 0.963. The summed E-state index contributed by atoms with van der Waals surface area (Å²) in [7, 11) is 0. The van der Waals surface area contributed by atoms with Crippen molar-refractivity contribution in [1.29, 1.82) is 0 Å².